The lowest BCUT2D eigenvalue weighted by molar-refractivity contribution is -0.266. The van der Waals surface area contributed by atoms with E-state index in [1.165, 1.54) is 0 Å². The van der Waals surface area contributed by atoms with Gasteiger partial charge in [-0.05, 0) is 55.5 Å². The second-order valence-electron chi connectivity index (χ2n) is 7.97. The SMILES string of the molecule is COc1ccc(O[C@@H]2O[C@@H](C)[C@H](OC(=O)c3ccccc3)[C@@H](O)[C@H]2OC(=O)c2ccccc2)cc1. The average Bonchev–Trinajstić information content (AvgIpc) is 2.90. The number of rotatable bonds is 7. The summed E-state index contributed by atoms with van der Waals surface area (Å²) in [6, 6.07) is 23.5. The number of carbonyl (C=O) groups excluding carboxylic acids is 2. The largest absolute Gasteiger partial charge is 0.497 e. The fourth-order valence-electron chi connectivity index (χ4n) is 3.70. The first-order chi connectivity index (χ1) is 17.0. The third kappa shape index (κ3) is 5.79. The van der Waals surface area contributed by atoms with Gasteiger partial charge < -0.3 is 28.8 Å². The van der Waals surface area contributed by atoms with Gasteiger partial charge in [-0.25, -0.2) is 9.59 Å². The van der Waals surface area contributed by atoms with Gasteiger partial charge in [-0.15, -0.1) is 0 Å². The van der Waals surface area contributed by atoms with E-state index in [0.29, 0.717) is 22.6 Å². The van der Waals surface area contributed by atoms with E-state index in [1.807, 2.05) is 0 Å². The molecule has 0 bridgehead atoms. The highest BCUT2D eigenvalue weighted by molar-refractivity contribution is 5.90. The van der Waals surface area contributed by atoms with Crippen LogP contribution in [0.15, 0.2) is 84.9 Å². The summed E-state index contributed by atoms with van der Waals surface area (Å²) in [5.41, 5.74) is 0.612. The van der Waals surface area contributed by atoms with Gasteiger partial charge in [-0.1, -0.05) is 36.4 Å². The van der Waals surface area contributed by atoms with Gasteiger partial charge in [0.15, 0.2) is 12.2 Å². The van der Waals surface area contributed by atoms with Crippen molar-refractivity contribution in [3.8, 4) is 11.5 Å². The molecule has 3 aromatic carbocycles. The van der Waals surface area contributed by atoms with Crippen LogP contribution in [-0.2, 0) is 14.2 Å². The molecule has 182 valence electrons. The fraction of sp³-hybridized carbons (Fsp3) is 0.259. The van der Waals surface area contributed by atoms with E-state index >= 15 is 0 Å². The van der Waals surface area contributed by atoms with Crippen molar-refractivity contribution >= 4 is 11.9 Å². The van der Waals surface area contributed by atoms with Crippen LogP contribution in [0.5, 0.6) is 11.5 Å². The zero-order valence-corrected chi connectivity index (χ0v) is 19.3. The van der Waals surface area contributed by atoms with Gasteiger partial charge in [0, 0.05) is 0 Å². The van der Waals surface area contributed by atoms with Crippen molar-refractivity contribution in [3.63, 3.8) is 0 Å². The van der Waals surface area contributed by atoms with Crippen molar-refractivity contribution in [2.45, 2.75) is 37.6 Å². The van der Waals surface area contributed by atoms with Crippen LogP contribution in [0.2, 0.25) is 0 Å². The molecule has 1 saturated heterocycles. The van der Waals surface area contributed by atoms with Gasteiger partial charge in [0.05, 0.1) is 24.3 Å². The Labute approximate surface area is 203 Å². The topological polar surface area (TPSA) is 101 Å². The molecule has 1 N–H and O–H groups in total. The zero-order chi connectivity index (χ0) is 24.8. The molecule has 0 aliphatic carbocycles. The number of aliphatic hydroxyl groups excluding tert-OH is 1. The summed E-state index contributed by atoms with van der Waals surface area (Å²) in [5.74, 6) is -0.261. The van der Waals surface area contributed by atoms with E-state index in [9.17, 15) is 14.7 Å². The standard InChI is InChI=1S/C27H26O8/c1-17-23(34-25(29)18-9-5-3-6-10-18)22(28)24(35-26(30)19-11-7-4-8-12-19)27(32-17)33-21-15-13-20(31-2)14-16-21/h3-17,22-24,27-28H,1-2H3/t17-,22+,23-,24+,27-/m0/s1. The first kappa shape index (κ1) is 24.3. The van der Waals surface area contributed by atoms with E-state index in [-0.39, 0.29) is 0 Å². The molecule has 8 heteroatoms. The summed E-state index contributed by atoms with van der Waals surface area (Å²) in [6.07, 6.45) is -5.72. The van der Waals surface area contributed by atoms with Crippen molar-refractivity contribution in [1.29, 1.82) is 0 Å². The number of hydrogen-bond donors (Lipinski definition) is 1. The quantitative estimate of drug-likeness (QED) is 0.514. The van der Waals surface area contributed by atoms with Gasteiger partial charge in [-0.2, -0.15) is 0 Å². The van der Waals surface area contributed by atoms with Crippen molar-refractivity contribution in [2.24, 2.45) is 0 Å². The summed E-state index contributed by atoms with van der Waals surface area (Å²) >= 11 is 0. The Morgan fingerprint density at radius 3 is 1.74 bits per heavy atom. The fourth-order valence-corrected chi connectivity index (χ4v) is 3.70. The summed E-state index contributed by atoms with van der Waals surface area (Å²) in [5, 5.41) is 11.2. The molecule has 0 spiro atoms. The van der Waals surface area contributed by atoms with E-state index in [0.717, 1.165) is 0 Å². The van der Waals surface area contributed by atoms with E-state index in [4.69, 9.17) is 23.7 Å². The summed E-state index contributed by atoms with van der Waals surface area (Å²) in [4.78, 5) is 25.5. The van der Waals surface area contributed by atoms with Crippen LogP contribution in [0.3, 0.4) is 0 Å². The molecule has 1 aliphatic heterocycles. The lowest BCUT2D eigenvalue weighted by Gasteiger charge is -2.42. The molecule has 0 aromatic heterocycles. The highest BCUT2D eigenvalue weighted by atomic mass is 16.7. The van der Waals surface area contributed by atoms with Crippen molar-refractivity contribution < 1.29 is 38.4 Å². The Bertz CT molecular complexity index is 1120. The molecule has 1 fully saturated rings. The highest BCUT2D eigenvalue weighted by Crippen LogP contribution is 2.30. The van der Waals surface area contributed by atoms with Crippen LogP contribution >= 0.6 is 0 Å². The summed E-state index contributed by atoms with van der Waals surface area (Å²) < 4.78 is 28.2. The van der Waals surface area contributed by atoms with Gasteiger partial charge >= 0.3 is 11.9 Å². The number of esters is 2. The second kappa shape index (κ2) is 11.0. The van der Waals surface area contributed by atoms with Crippen molar-refractivity contribution in [1.82, 2.24) is 0 Å². The van der Waals surface area contributed by atoms with Crippen LogP contribution in [0, 0.1) is 0 Å². The maximum absolute atomic E-state index is 12.8. The molecule has 0 amide bonds. The molecule has 5 atom stereocenters. The lowest BCUT2D eigenvalue weighted by Crippen LogP contribution is -2.60. The molecule has 35 heavy (non-hydrogen) atoms. The van der Waals surface area contributed by atoms with Crippen LogP contribution in [0.4, 0.5) is 0 Å². The molecule has 1 heterocycles. The maximum Gasteiger partial charge on any atom is 0.338 e. The number of hydrogen-bond acceptors (Lipinski definition) is 8. The van der Waals surface area contributed by atoms with Gasteiger partial charge in [0.1, 0.15) is 17.6 Å². The molecule has 0 saturated carbocycles. The molecule has 0 unspecified atom stereocenters. The lowest BCUT2D eigenvalue weighted by atomic mass is 9.99. The third-order valence-corrected chi connectivity index (χ3v) is 5.57. The average molecular weight is 478 g/mol. The molecular weight excluding hydrogens is 452 g/mol. The third-order valence-electron chi connectivity index (χ3n) is 5.57. The first-order valence-electron chi connectivity index (χ1n) is 11.1. The van der Waals surface area contributed by atoms with Crippen LogP contribution < -0.4 is 9.47 Å². The van der Waals surface area contributed by atoms with Gasteiger partial charge in [0.25, 0.3) is 0 Å². The minimum absolute atomic E-state index is 0.291. The smallest absolute Gasteiger partial charge is 0.338 e. The predicted octanol–water partition coefficient (Wildman–Crippen LogP) is 3.63. The zero-order valence-electron chi connectivity index (χ0n) is 19.3. The van der Waals surface area contributed by atoms with Crippen LogP contribution in [0.25, 0.3) is 0 Å². The second-order valence-corrected chi connectivity index (χ2v) is 7.97. The normalized spacial score (nSPS) is 23.7. The minimum Gasteiger partial charge on any atom is -0.497 e. The van der Waals surface area contributed by atoms with Gasteiger partial charge in [-0.3, -0.25) is 0 Å². The molecule has 4 rings (SSSR count). The Morgan fingerprint density at radius 2 is 1.23 bits per heavy atom. The molecule has 0 radical (unpaired) electrons. The number of carbonyl (C=O) groups is 2. The van der Waals surface area contributed by atoms with Crippen molar-refractivity contribution in [2.75, 3.05) is 7.11 Å². The van der Waals surface area contributed by atoms with Crippen molar-refractivity contribution in [3.05, 3.63) is 96.1 Å². The Hall–Kier alpha value is -3.88. The number of benzene rings is 3. The molecule has 3 aromatic rings. The number of aliphatic hydroxyl groups is 1. The van der Waals surface area contributed by atoms with E-state index < -0.39 is 42.6 Å². The summed E-state index contributed by atoms with van der Waals surface area (Å²) in [7, 11) is 1.55. The summed E-state index contributed by atoms with van der Waals surface area (Å²) in [6.45, 7) is 1.64. The number of methoxy groups -OCH3 is 1. The van der Waals surface area contributed by atoms with E-state index in [2.05, 4.69) is 0 Å². The predicted molar refractivity (Wildman–Crippen MR) is 125 cm³/mol. The Kier molecular flexibility index (Phi) is 7.64. The van der Waals surface area contributed by atoms with Gasteiger partial charge in [0.2, 0.25) is 6.29 Å². The first-order valence-corrected chi connectivity index (χ1v) is 11.1. The maximum atomic E-state index is 12.8. The highest BCUT2D eigenvalue weighted by Gasteiger charge is 2.49. The Morgan fingerprint density at radius 1 is 0.743 bits per heavy atom. The van der Waals surface area contributed by atoms with Crippen LogP contribution in [0.1, 0.15) is 27.6 Å². The van der Waals surface area contributed by atoms with E-state index in [1.54, 1.807) is 99.0 Å². The minimum atomic E-state index is -1.41. The molecule has 8 nitrogen and oxygen atoms in total. The number of ether oxygens (including phenoxy) is 5. The Balaban J connectivity index is 1.56. The van der Waals surface area contributed by atoms with Crippen LogP contribution in [-0.4, -0.2) is 54.9 Å². The molecule has 1 aliphatic rings. The monoisotopic (exact) mass is 478 g/mol. The molecular formula is C27H26O8.